The van der Waals surface area contributed by atoms with Crippen molar-refractivity contribution in [2.45, 2.75) is 39.2 Å². The summed E-state index contributed by atoms with van der Waals surface area (Å²) in [6.07, 6.45) is -1.02. The second kappa shape index (κ2) is 11.5. The van der Waals surface area contributed by atoms with E-state index in [1.165, 1.54) is 25.1 Å². The topological polar surface area (TPSA) is 69.7 Å². The van der Waals surface area contributed by atoms with E-state index in [2.05, 4.69) is 11.8 Å². The molecule has 0 aliphatic heterocycles. The van der Waals surface area contributed by atoms with Crippen LogP contribution in [0.3, 0.4) is 0 Å². The van der Waals surface area contributed by atoms with E-state index < -0.39 is 29.7 Å². The van der Waals surface area contributed by atoms with E-state index in [1.54, 1.807) is 13.0 Å². The van der Waals surface area contributed by atoms with Gasteiger partial charge in [-0.15, -0.1) is 0 Å². The zero-order valence-electron chi connectivity index (χ0n) is 17.4. The van der Waals surface area contributed by atoms with Gasteiger partial charge in [-0.25, -0.2) is 4.79 Å². The molecule has 0 N–H and O–H groups in total. The van der Waals surface area contributed by atoms with Crippen LogP contribution < -0.4 is 0 Å². The van der Waals surface area contributed by atoms with Crippen LogP contribution in [0, 0.1) is 18.8 Å². The molecule has 0 spiro atoms. The zero-order valence-corrected chi connectivity index (χ0v) is 18.9. The van der Waals surface area contributed by atoms with Gasteiger partial charge >= 0.3 is 11.9 Å². The monoisotopic (exact) mass is 460 g/mol. The molecule has 31 heavy (non-hydrogen) atoms. The van der Waals surface area contributed by atoms with Gasteiger partial charge in [-0.05, 0) is 50.5 Å². The molecule has 2 aromatic rings. The van der Waals surface area contributed by atoms with Crippen LogP contribution in [0.4, 0.5) is 0 Å². The Bertz CT molecular complexity index is 1040. The summed E-state index contributed by atoms with van der Waals surface area (Å²) in [5.74, 6) is 2.80. The fourth-order valence-corrected chi connectivity index (χ4v) is 3.03. The minimum Gasteiger partial charge on any atom is -0.463 e. The molecule has 0 amide bonds. The highest BCUT2D eigenvalue weighted by Gasteiger charge is 2.26. The Labute approximate surface area is 191 Å². The Morgan fingerprint density at radius 3 is 2.42 bits per heavy atom. The third-order valence-corrected chi connectivity index (χ3v) is 5.07. The van der Waals surface area contributed by atoms with Crippen molar-refractivity contribution in [3.05, 3.63) is 69.2 Å². The number of ether oxygens (including phenoxy) is 2. The first-order chi connectivity index (χ1) is 14.7. The minimum atomic E-state index is -1.05. The van der Waals surface area contributed by atoms with Crippen molar-refractivity contribution in [1.82, 2.24) is 0 Å². The normalized spacial score (nSPS) is 12.2. The van der Waals surface area contributed by atoms with Crippen LogP contribution in [0.2, 0.25) is 10.0 Å². The summed E-state index contributed by atoms with van der Waals surface area (Å²) in [5.41, 5.74) is 1.93. The van der Waals surface area contributed by atoms with Gasteiger partial charge in [0.15, 0.2) is 6.10 Å². The van der Waals surface area contributed by atoms with Crippen molar-refractivity contribution in [2.24, 2.45) is 0 Å². The number of hydrogen-bond acceptors (Lipinski definition) is 5. The molecule has 2 atom stereocenters. The standard InChI is InChI=1S/C24H22Cl2O5/c1-4-30-23(28)16(3)31-24(29)19(17-8-5-7-15(2)13-17)9-6-10-22(27)18-11-12-20(25)21(26)14-18/h5,7-8,11-14,16,19H,4,9H2,1-3H3. The SMILES string of the molecule is CCOC(=O)C(C)OC(=O)C(CC#CC(=O)c1ccc(Cl)c(Cl)c1)c1cccc(C)c1. The lowest BCUT2D eigenvalue weighted by molar-refractivity contribution is -0.167. The summed E-state index contributed by atoms with van der Waals surface area (Å²) in [6, 6.07) is 11.8. The van der Waals surface area contributed by atoms with Crippen molar-refractivity contribution in [2.75, 3.05) is 6.61 Å². The van der Waals surface area contributed by atoms with Crippen molar-refractivity contribution in [3.8, 4) is 11.8 Å². The average Bonchev–Trinajstić information content (AvgIpc) is 2.73. The summed E-state index contributed by atoms with van der Waals surface area (Å²) >= 11 is 11.8. The van der Waals surface area contributed by atoms with Gasteiger partial charge in [-0.2, -0.15) is 0 Å². The molecule has 0 aliphatic rings. The van der Waals surface area contributed by atoms with Crippen LogP contribution in [-0.2, 0) is 19.1 Å². The van der Waals surface area contributed by atoms with Crippen molar-refractivity contribution < 1.29 is 23.9 Å². The summed E-state index contributed by atoms with van der Waals surface area (Å²) < 4.78 is 10.2. The van der Waals surface area contributed by atoms with E-state index in [9.17, 15) is 14.4 Å². The molecular weight excluding hydrogens is 439 g/mol. The van der Waals surface area contributed by atoms with E-state index in [1.807, 2.05) is 25.1 Å². The molecule has 0 saturated heterocycles. The molecule has 5 nitrogen and oxygen atoms in total. The zero-order chi connectivity index (χ0) is 23.0. The predicted molar refractivity (Wildman–Crippen MR) is 119 cm³/mol. The molecule has 0 aromatic heterocycles. The lowest BCUT2D eigenvalue weighted by atomic mass is 9.94. The fourth-order valence-electron chi connectivity index (χ4n) is 2.73. The Hall–Kier alpha value is -2.81. The molecule has 0 fully saturated rings. The molecule has 0 bridgehead atoms. The number of ketones is 1. The maximum Gasteiger partial charge on any atom is 0.347 e. The summed E-state index contributed by atoms with van der Waals surface area (Å²) in [6.45, 7) is 5.20. The Balaban J connectivity index is 2.21. The first kappa shape index (κ1) is 24.5. The first-order valence-corrected chi connectivity index (χ1v) is 10.4. The van der Waals surface area contributed by atoms with E-state index in [0.717, 1.165) is 5.56 Å². The van der Waals surface area contributed by atoms with E-state index in [0.29, 0.717) is 16.1 Å². The highest BCUT2D eigenvalue weighted by atomic mass is 35.5. The van der Waals surface area contributed by atoms with Gasteiger partial charge in [0.1, 0.15) is 0 Å². The summed E-state index contributed by atoms with van der Waals surface area (Å²) in [5, 5.41) is 0.590. The van der Waals surface area contributed by atoms with Crippen LogP contribution >= 0.6 is 23.2 Å². The molecule has 162 valence electrons. The minimum absolute atomic E-state index is 0.0326. The maximum absolute atomic E-state index is 12.8. The highest BCUT2D eigenvalue weighted by Crippen LogP contribution is 2.24. The quantitative estimate of drug-likeness (QED) is 0.247. The molecule has 7 heteroatoms. The van der Waals surface area contributed by atoms with Gasteiger partial charge in [0.25, 0.3) is 0 Å². The van der Waals surface area contributed by atoms with Crippen molar-refractivity contribution in [3.63, 3.8) is 0 Å². The van der Waals surface area contributed by atoms with Gasteiger partial charge in [-0.3, -0.25) is 9.59 Å². The second-order valence-electron chi connectivity index (χ2n) is 6.76. The molecule has 0 heterocycles. The van der Waals surface area contributed by atoms with Gasteiger partial charge in [-0.1, -0.05) is 59.0 Å². The third kappa shape index (κ3) is 7.13. The molecule has 0 aliphatic carbocycles. The number of rotatable bonds is 7. The number of aryl methyl sites for hydroxylation is 1. The molecule has 2 rings (SSSR count). The van der Waals surface area contributed by atoms with E-state index in [4.69, 9.17) is 32.7 Å². The lowest BCUT2D eigenvalue weighted by Gasteiger charge is -2.18. The van der Waals surface area contributed by atoms with Crippen LogP contribution in [-0.4, -0.2) is 30.4 Å². The van der Waals surface area contributed by atoms with E-state index >= 15 is 0 Å². The number of halogens is 2. The molecule has 2 aromatic carbocycles. The molecule has 2 unspecified atom stereocenters. The highest BCUT2D eigenvalue weighted by molar-refractivity contribution is 6.42. The summed E-state index contributed by atoms with van der Waals surface area (Å²) in [4.78, 5) is 36.9. The van der Waals surface area contributed by atoms with Crippen molar-refractivity contribution >= 4 is 40.9 Å². The Morgan fingerprint density at radius 2 is 1.77 bits per heavy atom. The number of hydrogen-bond donors (Lipinski definition) is 0. The molecular formula is C24H22Cl2O5. The van der Waals surface area contributed by atoms with Crippen LogP contribution in [0.5, 0.6) is 0 Å². The first-order valence-electron chi connectivity index (χ1n) is 9.64. The maximum atomic E-state index is 12.8. The average molecular weight is 461 g/mol. The number of Topliss-reactive ketones (excluding diaryl/α,β-unsaturated/α-hetero) is 1. The van der Waals surface area contributed by atoms with Gasteiger partial charge in [0, 0.05) is 12.0 Å². The Kier molecular flexibility index (Phi) is 9.11. The van der Waals surface area contributed by atoms with Gasteiger partial charge < -0.3 is 9.47 Å². The fraction of sp³-hybridized carbons (Fsp3) is 0.292. The number of carbonyl (C=O) groups is 3. The van der Waals surface area contributed by atoms with Crippen LogP contribution in [0.15, 0.2) is 42.5 Å². The van der Waals surface area contributed by atoms with Crippen LogP contribution in [0.1, 0.15) is 47.7 Å². The number of carbonyl (C=O) groups excluding carboxylic acids is 3. The van der Waals surface area contributed by atoms with E-state index in [-0.39, 0.29) is 18.1 Å². The van der Waals surface area contributed by atoms with Gasteiger partial charge in [0.05, 0.1) is 22.6 Å². The largest absolute Gasteiger partial charge is 0.463 e. The Morgan fingerprint density at radius 1 is 1.03 bits per heavy atom. The predicted octanol–water partition coefficient (Wildman–Crippen LogP) is 5.16. The number of benzene rings is 2. The van der Waals surface area contributed by atoms with Gasteiger partial charge in [0.2, 0.25) is 5.78 Å². The van der Waals surface area contributed by atoms with Crippen molar-refractivity contribution in [1.29, 1.82) is 0 Å². The lowest BCUT2D eigenvalue weighted by Crippen LogP contribution is -2.29. The third-order valence-electron chi connectivity index (χ3n) is 4.33. The second-order valence-corrected chi connectivity index (χ2v) is 7.58. The molecule has 0 saturated carbocycles. The summed E-state index contributed by atoms with van der Waals surface area (Å²) in [7, 11) is 0. The smallest absolute Gasteiger partial charge is 0.347 e. The molecule has 0 radical (unpaired) electrons. The van der Waals surface area contributed by atoms with Crippen LogP contribution in [0.25, 0.3) is 0 Å². The number of esters is 2.